The van der Waals surface area contributed by atoms with Crippen molar-refractivity contribution in [3.8, 4) is 0 Å². The van der Waals surface area contributed by atoms with E-state index in [4.69, 9.17) is 0 Å². The first kappa shape index (κ1) is 13.9. The zero-order valence-electron chi connectivity index (χ0n) is 9.48. The summed E-state index contributed by atoms with van der Waals surface area (Å²) in [5.41, 5.74) is 0.246. The Morgan fingerprint density at radius 1 is 1.59 bits per heavy atom. The second-order valence-corrected chi connectivity index (χ2v) is 4.68. The summed E-state index contributed by atoms with van der Waals surface area (Å²) in [6, 6.07) is 1.29. The van der Waals surface area contributed by atoms with E-state index in [9.17, 15) is 14.9 Å². The van der Waals surface area contributed by atoms with Gasteiger partial charge in [-0.2, -0.15) is 0 Å². The van der Waals surface area contributed by atoms with Gasteiger partial charge < -0.3 is 9.88 Å². The molecule has 0 unspecified atom stereocenters. The molecule has 1 amide bonds. The molecule has 1 heterocycles. The van der Waals surface area contributed by atoms with Crippen LogP contribution in [0, 0.1) is 10.1 Å². The smallest absolute Gasteiger partial charge is 0.287 e. The average Bonchev–Trinajstić information content (AvgIpc) is 2.67. The maximum atomic E-state index is 11.7. The monoisotopic (exact) mass is 351 g/mol. The van der Waals surface area contributed by atoms with Crippen LogP contribution < -0.4 is 5.32 Å². The molecule has 0 aliphatic heterocycles. The molecule has 0 aliphatic rings. The topological polar surface area (TPSA) is 77.2 Å². The average molecular weight is 351 g/mol. The Morgan fingerprint density at radius 2 is 2.29 bits per heavy atom. The van der Waals surface area contributed by atoms with Crippen LogP contribution in [-0.2, 0) is 7.05 Å². The van der Waals surface area contributed by atoms with Gasteiger partial charge in [-0.15, -0.1) is 0 Å². The van der Waals surface area contributed by atoms with E-state index in [1.54, 1.807) is 7.05 Å². The van der Waals surface area contributed by atoms with E-state index in [2.05, 4.69) is 27.9 Å². The predicted octanol–water partition coefficient (Wildman–Crippen LogP) is 1.88. The standard InChI is InChI=1S/C10H14IN3O3/c1-13-7-8(14(16)17)6-9(13)10(15)12-5-3-2-4-11/h6-7H,2-5H2,1H3,(H,12,15). The van der Waals surface area contributed by atoms with Gasteiger partial charge >= 0.3 is 0 Å². The third-order valence-electron chi connectivity index (χ3n) is 2.28. The number of nitro groups is 1. The number of nitrogens with one attached hydrogen (secondary N) is 1. The highest BCUT2D eigenvalue weighted by Crippen LogP contribution is 2.14. The van der Waals surface area contributed by atoms with E-state index in [0.29, 0.717) is 12.2 Å². The lowest BCUT2D eigenvalue weighted by atomic mass is 10.3. The summed E-state index contributed by atoms with van der Waals surface area (Å²) in [4.78, 5) is 21.7. The van der Waals surface area contributed by atoms with Gasteiger partial charge in [0.25, 0.3) is 11.6 Å². The van der Waals surface area contributed by atoms with Crippen molar-refractivity contribution < 1.29 is 9.72 Å². The van der Waals surface area contributed by atoms with Gasteiger partial charge in [-0.1, -0.05) is 22.6 Å². The van der Waals surface area contributed by atoms with Crippen LogP contribution >= 0.6 is 22.6 Å². The number of nitrogens with zero attached hydrogens (tertiary/aromatic N) is 2. The first-order valence-electron chi connectivity index (χ1n) is 5.21. The predicted molar refractivity (Wildman–Crippen MR) is 72.5 cm³/mol. The maximum Gasteiger partial charge on any atom is 0.287 e. The number of rotatable bonds is 6. The van der Waals surface area contributed by atoms with Gasteiger partial charge in [-0.3, -0.25) is 14.9 Å². The number of carbonyl (C=O) groups excluding carboxylic acids is 1. The Morgan fingerprint density at radius 3 is 2.82 bits per heavy atom. The minimum absolute atomic E-state index is 0.0649. The fourth-order valence-corrected chi connectivity index (χ4v) is 1.92. The summed E-state index contributed by atoms with van der Waals surface area (Å²) < 4.78 is 2.52. The highest BCUT2D eigenvalue weighted by Gasteiger charge is 2.16. The van der Waals surface area contributed by atoms with Crippen LogP contribution in [0.25, 0.3) is 0 Å². The second-order valence-electron chi connectivity index (χ2n) is 3.60. The molecule has 6 nitrogen and oxygen atoms in total. The molecule has 0 saturated heterocycles. The number of aryl methyl sites for hydroxylation is 1. The summed E-state index contributed by atoms with van der Waals surface area (Å²) >= 11 is 2.28. The fourth-order valence-electron chi connectivity index (χ4n) is 1.38. The van der Waals surface area contributed by atoms with Crippen LogP contribution in [0.5, 0.6) is 0 Å². The van der Waals surface area contributed by atoms with E-state index in [1.165, 1.54) is 16.8 Å². The van der Waals surface area contributed by atoms with Crippen molar-refractivity contribution in [2.75, 3.05) is 11.0 Å². The minimum atomic E-state index is -0.507. The number of carbonyl (C=O) groups is 1. The van der Waals surface area contributed by atoms with Crippen LogP contribution in [0.15, 0.2) is 12.3 Å². The van der Waals surface area contributed by atoms with Gasteiger partial charge in [-0.05, 0) is 17.3 Å². The van der Waals surface area contributed by atoms with Gasteiger partial charge in [0.15, 0.2) is 0 Å². The van der Waals surface area contributed by atoms with Crippen LogP contribution in [0.4, 0.5) is 5.69 Å². The normalized spacial score (nSPS) is 10.2. The van der Waals surface area contributed by atoms with Crippen molar-refractivity contribution in [3.05, 3.63) is 28.1 Å². The molecule has 0 atom stereocenters. The molecule has 94 valence electrons. The molecule has 1 aromatic rings. The fraction of sp³-hybridized carbons (Fsp3) is 0.500. The highest BCUT2D eigenvalue weighted by atomic mass is 127. The van der Waals surface area contributed by atoms with E-state index in [1.807, 2.05) is 0 Å². The lowest BCUT2D eigenvalue weighted by Crippen LogP contribution is -2.26. The number of alkyl halides is 1. The number of aromatic nitrogens is 1. The largest absolute Gasteiger partial charge is 0.351 e. The minimum Gasteiger partial charge on any atom is -0.351 e. The van der Waals surface area contributed by atoms with Gasteiger partial charge in [0.1, 0.15) is 5.69 Å². The Labute approximate surface area is 113 Å². The molecule has 0 fully saturated rings. The Kier molecular flexibility index (Phi) is 5.39. The Balaban J connectivity index is 2.59. The molecule has 0 saturated carbocycles. The third kappa shape index (κ3) is 3.99. The SMILES string of the molecule is Cn1cc([N+](=O)[O-])cc1C(=O)NCCCCI. The number of halogens is 1. The van der Waals surface area contributed by atoms with Crippen molar-refractivity contribution >= 4 is 34.2 Å². The van der Waals surface area contributed by atoms with Crippen LogP contribution in [-0.4, -0.2) is 26.4 Å². The van der Waals surface area contributed by atoms with Crippen molar-refractivity contribution in [2.45, 2.75) is 12.8 Å². The molecule has 0 radical (unpaired) electrons. The maximum absolute atomic E-state index is 11.7. The molecule has 7 heteroatoms. The molecular weight excluding hydrogens is 337 g/mol. The molecule has 1 aromatic heterocycles. The quantitative estimate of drug-likeness (QED) is 0.280. The van der Waals surface area contributed by atoms with Crippen LogP contribution in [0.3, 0.4) is 0 Å². The summed E-state index contributed by atoms with van der Waals surface area (Å²) in [7, 11) is 1.62. The second kappa shape index (κ2) is 6.58. The molecule has 1 rings (SSSR count). The van der Waals surface area contributed by atoms with Gasteiger partial charge in [0.2, 0.25) is 0 Å². The van der Waals surface area contributed by atoms with Crippen molar-refractivity contribution in [2.24, 2.45) is 7.05 Å². The molecule has 0 spiro atoms. The molecule has 17 heavy (non-hydrogen) atoms. The van der Waals surface area contributed by atoms with E-state index in [0.717, 1.165) is 17.3 Å². The number of hydrogen-bond acceptors (Lipinski definition) is 3. The van der Waals surface area contributed by atoms with E-state index >= 15 is 0 Å². The first-order valence-corrected chi connectivity index (χ1v) is 6.73. The Hall–Kier alpha value is -1.12. The van der Waals surface area contributed by atoms with Gasteiger partial charge in [0, 0.05) is 19.7 Å². The summed E-state index contributed by atoms with van der Waals surface area (Å²) in [6.07, 6.45) is 3.30. The van der Waals surface area contributed by atoms with Crippen molar-refractivity contribution in [3.63, 3.8) is 0 Å². The third-order valence-corrected chi connectivity index (χ3v) is 3.04. The van der Waals surface area contributed by atoms with Gasteiger partial charge in [-0.25, -0.2) is 0 Å². The lowest BCUT2D eigenvalue weighted by molar-refractivity contribution is -0.384. The van der Waals surface area contributed by atoms with Crippen molar-refractivity contribution in [1.82, 2.24) is 9.88 Å². The summed E-state index contributed by atoms with van der Waals surface area (Å²) in [5.74, 6) is -0.269. The van der Waals surface area contributed by atoms with Crippen LogP contribution in [0.2, 0.25) is 0 Å². The zero-order chi connectivity index (χ0) is 12.8. The zero-order valence-corrected chi connectivity index (χ0v) is 11.6. The summed E-state index contributed by atoms with van der Waals surface area (Å²) in [5, 5.41) is 13.3. The molecule has 0 bridgehead atoms. The van der Waals surface area contributed by atoms with E-state index in [-0.39, 0.29) is 11.6 Å². The first-order chi connectivity index (χ1) is 8.06. The van der Waals surface area contributed by atoms with Crippen molar-refractivity contribution in [1.29, 1.82) is 0 Å². The number of unbranched alkanes of at least 4 members (excludes halogenated alkanes) is 1. The van der Waals surface area contributed by atoms with Crippen LogP contribution in [0.1, 0.15) is 23.3 Å². The molecule has 0 aliphatic carbocycles. The lowest BCUT2D eigenvalue weighted by Gasteiger charge is -2.04. The van der Waals surface area contributed by atoms with Gasteiger partial charge in [0.05, 0.1) is 11.1 Å². The number of hydrogen-bond donors (Lipinski definition) is 1. The Bertz CT molecular complexity index is 417. The number of amides is 1. The van der Waals surface area contributed by atoms with E-state index < -0.39 is 4.92 Å². The summed E-state index contributed by atoms with van der Waals surface area (Å²) in [6.45, 7) is 0.598. The highest BCUT2D eigenvalue weighted by molar-refractivity contribution is 14.1. The molecule has 0 aromatic carbocycles. The molecular formula is C10H14IN3O3. The molecule has 1 N–H and O–H groups in total.